The quantitative estimate of drug-likeness (QED) is 0.333. The highest BCUT2D eigenvalue weighted by molar-refractivity contribution is 6.31. The second-order valence-corrected chi connectivity index (χ2v) is 6.22. The van der Waals surface area contributed by atoms with E-state index >= 15 is 0 Å². The molecule has 0 bridgehead atoms. The number of aromatic amines is 1. The number of aromatic nitrogens is 2. The molecule has 9 heteroatoms. The minimum Gasteiger partial charge on any atom is -0.380 e. The summed E-state index contributed by atoms with van der Waals surface area (Å²) in [7, 11) is 0. The van der Waals surface area contributed by atoms with Gasteiger partial charge in [0.2, 0.25) is 5.96 Å². The van der Waals surface area contributed by atoms with Crippen molar-refractivity contribution in [1.29, 1.82) is 0 Å². The van der Waals surface area contributed by atoms with Crippen molar-refractivity contribution in [3.8, 4) is 0 Å². The minimum absolute atomic E-state index is 0.197. The van der Waals surface area contributed by atoms with E-state index in [0.717, 1.165) is 0 Å². The van der Waals surface area contributed by atoms with Gasteiger partial charge in [-0.05, 0) is 43.3 Å². The molecule has 0 atom stereocenters. The predicted octanol–water partition coefficient (Wildman–Crippen LogP) is 3.59. The van der Waals surface area contributed by atoms with Gasteiger partial charge >= 0.3 is 0 Å². The van der Waals surface area contributed by atoms with E-state index in [0.29, 0.717) is 47.1 Å². The van der Waals surface area contributed by atoms with Crippen molar-refractivity contribution in [2.45, 2.75) is 6.92 Å². The first-order valence-electron chi connectivity index (χ1n) is 8.66. The van der Waals surface area contributed by atoms with E-state index in [9.17, 15) is 9.18 Å². The minimum atomic E-state index is -0.379. The van der Waals surface area contributed by atoms with Crippen molar-refractivity contribution < 1.29 is 13.9 Å². The molecular weight excluding hydrogens is 385 g/mol. The average molecular weight is 404 g/mol. The number of guanidine groups is 1. The molecule has 0 saturated heterocycles. The summed E-state index contributed by atoms with van der Waals surface area (Å²) in [4.78, 5) is 16.9. The first-order chi connectivity index (χ1) is 13.6. The van der Waals surface area contributed by atoms with Crippen molar-refractivity contribution >= 4 is 40.2 Å². The third-order valence-electron chi connectivity index (χ3n) is 3.79. The van der Waals surface area contributed by atoms with Crippen LogP contribution >= 0.6 is 11.6 Å². The number of ether oxygens (including phenoxy) is 1. The smallest absolute Gasteiger partial charge is 0.258 e. The molecule has 1 aromatic heterocycles. The van der Waals surface area contributed by atoms with Gasteiger partial charge < -0.3 is 10.1 Å². The molecule has 0 unspecified atom stereocenters. The second-order valence-electron chi connectivity index (χ2n) is 5.78. The van der Waals surface area contributed by atoms with Gasteiger partial charge in [0.05, 0.1) is 18.7 Å². The highest BCUT2D eigenvalue weighted by Crippen LogP contribution is 2.21. The second kappa shape index (κ2) is 9.29. The Hall–Kier alpha value is -2.97. The van der Waals surface area contributed by atoms with Gasteiger partial charge in [0.15, 0.2) is 5.82 Å². The first kappa shape index (κ1) is 19.8. The number of hydrogen-bond donors (Lipinski definition) is 3. The normalized spacial score (nSPS) is 11.6. The van der Waals surface area contributed by atoms with Crippen LogP contribution in [-0.4, -0.2) is 41.8 Å². The van der Waals surface area contributed by atoms with Crippen LogP contribution in [-0.2, 0) is 4.74 Å². The molecule has 0 aliphatic heterocycles. The van der Waals surface area contributed by atoms with Crippen LogP contribution in [0.2, 0.25) is 5.02 Å². The number of benzene rings is 2. The lowest BCUT2D eigenvalue weighted by atomic mass is 10.2. The largest absolute Gasteiger partial charge is 0.380 e. The van der Waals surface area contributed by atoms with E-state index in [4.69, 9.17) is 16.3 Å². The van der Waals surface area contributed by atoms with E-state index in [1.54, 1.807) is 30.3 Å². The molecule has 0 spiro atoms. The zero-order valence-corrected chi connectivity index (χ0v) is 15.9. The summed E-state index contributed by atoms with van der Waals surface area (Å²) in [5.74, 6) is -0.141. The molecule has 2 aromatic carbocycles. The van der Waals surface area contributed by atoms with E-state index < -0.39 is 0 Å². The van der Waals surface area contributed by atoms with Crippen molar-refractivity contribution in [1.82, 2.24) is 15.5 Å². The number of hydrogen-bond acceptors (Lipinski definition) is 4. The van der Waals surface area contributed by atoms with E-state index in [1.165, 1.54) is 12.1 Å². The number of amides is 1. The molecule has 0 fully saturated rings. The van der Waals surface area contributed by atoms with Gasteiger partial charge in [0.1, 0.15) is 5.82 Å². The number of H-pyrrole nitrogens is 1. The molecule has 3 N–H and O–H groups in total. The molecule has 3 rings (SSSR count). The van der Waals surface area contributed by atoms with Gasteiger partial charge in [-0.2, -0.15) is 5.10 Å². The summed E-state index contributed by atoms with van der Waals surface area (Å²) in [5, 5.41) is 13.7. The maximum atomic E-state index is 13.4. The Kier molecular flexibility index (Phi) is 6.57. The summed E-state index contributed by atoms with van der Waals surface area (Å²) in [6.45, 7) is 3.20. The maximum absolute atomic E-state index is 13.4. The number of anilines is 1. The highest BCUT2D eigenvalue weighted by atomic mass is 35.5. The molecule has 0 saturated carbocycles. The van der Waals surface area contributed by atoms with E-state index in [2.05, 4.69) is 25.8 Å². The Morgan fingerprint density at radius 3 is 2.96 bits per heavy atom. The molecule has 146 valence electrons. The number of carbonyl (C=O) groups excluding carboxylic acids is 1. The number of aliphatic imine (C=N–C) groups is 1. The third-order valence-corrected chi connectivity index (χ3v) is 4.03. The van der Waals surface area contributed by atoms with Gasteiger partial charge in [-0.25, -0.2) is 4.39 Å². The van der Waals surface area contributed by atoms with Crippen LogP contribution in [0.3, 0.4) is 0 Å². The molecule has 3 aromatic rings. The fraction of sp³-hybridized carbons (Fsp3) is 0.211. The van der Waals surface area contributed by atoms with Gasteiger partial charge in [-0.1, -0.05) is 17.7 Å². The molecule has 0 aliphatic carbocycles. The van der Waals surface area contributed by atoms with Gasteiger partial charge in [0.25, 0.3) is 5.91 Å². The van der Waals surface area contributed by atoms with Crippen LogP contribution in [0.25, 0.3) is 10.9 Å². The summed E-state index contributed by atoms with van der Waals surface area (Å²) >= 11 is 5.95. The van der Waals surface area contributed by atoms with E-state index in [-0.39, 0.29) is 17.7 Å². The first-order valence-corrected chi connectivity index (χ1v) is 9.04. The standard InChI is InChI=1S/C19H19ClFN5O2/c1-2-28-9-8-22-19(24-18(27)12-4-3-5-13(20)10-12)23-17-15-7-6-14(21)11-16(15)25-26-17/h3-7,10-11H,2,8-9H2,1H3,(H3,22,23,24,25,26,27). The number of carbonyl (C=O) groups is 1. The Morgan fingerprint density at radius 2 is 2.18 bits per heavy atom. The third kappa shape index (κ3) is 5.05. The molecule has 0 aliphatic rings. The number of nitrogens with one attached hydrogen (secondary N) is 3. The number of halogens is 2. The zero-order chi connectivity index (χ0) is 19.9. The molecule has 28 heavy (non-hydrogen) atoms. The summed E-state index contributed by atoms with van der Waals surface area (Å²) in [6, 6.07) is 10.8. The molecule has 7 nitrogen and oxygen atoms in total. The summed E-state index contributed by atoms with van der Waals surface area (Å²) in [6.07, 6.45) is 0. The van der Waals surface area contributed by atoms with Gasteiger partial charge in [-0.3, -0.25) is 20.2 Å². The van der Waals surface area contributed by atoms with Gasteiger partial charge in [-0.15, -0.1) is 0 Å². The Labute approximate surface area is 165 Å². The molecule has 1 heterocycles. The van der Waals surface area contributed by atoms with Crippen LogP contribution in [0, 0.1) is 5.82 Å². The number of nitrogens with zero attached hydrogens (tertiary/aromatic N) is 2. The Balaban J connectivity index is 1.80. The van der Waals surface area contributed by atoms with Crippen molar-refractivity contribution in [3.05, 3.63) is 58.9 Å². The monoisotopic (exact) mass is 403 g/mol. The predicted molar refractivity (Wildman–Crippen MR) is 107 cm³/mol. The Morgan fingerprint density at radius 1 is 1.32 bits per heavy atom. The average Bonchev–Trinajstić information content (AvgIpc) is 3.06. The fourth-order valence-corrected chi connectivity index (χ4v) is 2.68. The summed E-state index contributed by atoms with van der Waals surface area (Å²) in [5.41, 5.74) is 0.915. The van der Waals surface area contributed by atoms with Crippen LogP contribution in [0.5, 0.6) is 0 Å². The van der Waals surface area contributed by atoms with Crippen molar-refractivity contribution in [2.75, 3.05) is 25.1 Å². The fourth-order valence-electron chi connectivity index (χ4n) is 2.49. The van der Waals surface area contributed by atoms with Crippen molar-refractivity contribution in [2.24, 2.45) is 4.99 Å². The van der Waals surface area contributed by atoms with Crippen LogP contribution in [0.4, 0.5) is 10.2 Å². The lowest BCUT2D eigenvalue weighted by Gasteiger charge is -2.11. The topological polar surface area (TPSA) is 91.4 Å². The number of rotatable bonds is 6. The van der Waals surface area contributed by atoms with Crippen LogP contribution < -0.4 is 10.6 Å². The molecule has 0 radical (unpaired) electrons. The van der Waals surface area contributed by atoms with Crippen LogP contribution in [0.1, 0.15) is 17.3 Å². The molecular formula is C19H19ClFN5O2. The number of fused-ring (bicyclic) bond motifs is 1. The lowest BCUT2D eigenvalue weighted by molar-refractivity contribution is 0.0976. The Bertz CT molecular complexity index is 1000. The summed E-state index contributed by atoms with van der Waals surface area (Å²) < 4.78 is 18.6. The SMILES string of the molecule is CCOCCN=C(NC(=O)c1cccc(Cl)c1)Nc1n[nH]c2cc(F)ccc12. The maximum Gasteiger partial charge on any atom is 0.258 e. The van der Waals surface area contributed by atoms with E-state index in [1.807, 2.05) is 6.92 Å². The van der Waals surface area contributed by atoms with Crippen LogP contribution in [0.15, 0.2) is 47.5 Å². The molecule has 1 amide bonds. The highest BCUT2D eigenvalue weighted by Gasteiger charge is 2.13. The van der Waals surface area contributed by atoms with Gasteiger partial charge in [0, 0.05) is 22.6 Å². The zero-order valence-electron chi connectivity index (χ0n) is 15.1. The van der Waals surface area contributed by atoms with Crippen molar-refractivity contribution in [3.63, 3.8) is 0 Å². The lowest BCUT2D eigenvalue weighted by Crippen LogP contribution is -2.36.